The van der Waals surface area contributed by atoms with Crippen molar-refractivity contribution in [3.05, 3.63) is 17.7 Å². The molecule has 2 aromatic rings. The van der Waals surface area contributed by atoms with Crippen LogP contribution in [0.1, 0.15) is 10.4 Å². The molecule has 0 saturated heterocycles. The first kappa shape index (κ1) is 11.8. The Bertz CT molecular complexity index is 695. The monoisotopic (exact) mass is 277 g/mol. The SMILES string of the molecule is O=C(OCl)c1ccc2n[nH]nc2c1S(=O)(=O)O. The van der Waals surface area contributed by atoms with E-state index in [9.17, 15) is 13.2 Å². The van der Waals surface area contributed by atoms with Gasteiger partial charge in [-0.05, 0) is 12.1 Å². The highest BCUT2D eigenvalue weighted by Crippen LogP contribution is 2.24. The minimum absolute atomic E-state index is 0.170. The van der Waals surface area contributed by atoms with Crippen LogP contribution in [0, 0.1) is 0 Å². The van der Waals surface area contributed by atoms with Gasteiger partial charge in [-0.25, -0.2) is 4.79 Å². The minimum atomic E-state index is -4.67. The van der Waals surface area contributed by atoms with Crippen LogP contribution in [0.3, 0.4) is 0 Å². The van der Waals surface area contributed by atoms with Gasteiger partial charge in [-0.2, -0.15) is 23.8 Å². The van der Waals surface area contributed by atoms with Gasteiger partial charge in [0.25, 0.3) is 10.1 Å². The molecule has 90 valence electrons. The van der Waals surface area contributed by atoms with Gasteiger partial charge in [-0.3, -0.25) is 4.55 Å². The van der Waals surface area contributed by atoms with Gasteiger partial charge in [0.1, 0.15) is 27.8 Å². The summed E-state index contributed by atoms with van der Waals surface area (Å²) in [6, 6.07) is 2.44. The quantitative estimate of drug-likeness (QED) is 0.767. The molecule has 0 bridgehead atoms. The third kappa shape index (κ3) is 1.95. The van der Waals surface area contributed by atoms with E-state index < -0.39 is 26.5 Å². The molecule has 0 radical (unpaired) electrons. The summed E-state index contributed by atoms with van der Waals surface area (Å²) in [5, 5.41) is 9.33. The Morgan fingerprint density at radius 2 is 2.12 bits per heavy atom. The minimum Gasteiger partial charge on any atom is -0.343 e. The molecule has 0 fully saturated rings. The lowest BCUT2D eigenvalue weighted by Gasteiger charge is -2.03. The molecule has 0 spiro atoms. The van der Waals surface area contributed by atoms with Crippen LogP contribution in [-0.4, -0.2) is 34.4 Å². The van der Waals surface area contributed by atoms with Crippen molar-refractivity contribution in [2.75, 3.05) is 0 Å². The summed E-state index contributed by atoms with van der Waals surface area (Å²) in [5.74, 6) is -1.12. The predicted molar refractivity (Wildman–Crippen MR) is 55.0 cm³/mol. The number of carbonyl (C=O) groups excluding carboxylic acids is 1. The normalized spacial score (nSPS) is 11.6. The molecular formula is C7H4ClN3O5S. The summed E-state index contributed by atoms with van der Waals surface area (Å²) in [7, 11) is -4.67. The van der Waals surface area contributed by atoms with Crippen molar-refractivity contribution in [3.63, 3.8) is 0 Å². The first-order chi connectivity index (χ1) is 7.95. The van der Waals surface area contributed by atoms with E-state index >= 15 is 0 Å². The van der Waals surface area contributed by atoms with Gasteiger partial charge in [0.2, 0.25) is 0 Å². The molecule has 0 saturated carbocycles. The standard InChI is InChI=1S/C7H4ClN3O5S/c8-16-7(12)3-1-2-4-5(10-11-9-4)6(3)17(13,14)15/h1-2H,(H,9,10,11)(H,13,14,15). The smallest absolute Gasteiger partial charge is 0.343 e. The van der Waals surface area contributed by atoms with E-state index in [1.807, 2.05) is 0 Å². The number of aromatic nitrogens is 3. The fourth-order valence-electron chi connectivity index (χ4n) is 1.35. The van der Waals surface area contributed by atoms with Crippen molar-refractivity contribution in [1.82, 2.24) is 15.4 Å². The first-order valence-electron chi connectivity index (χ1n) is 4.09. The fourth-order valence-corrected chi connectivity index (χ4v) is 2.26. The molecule has 8 nitrogen and oxygen atoms in total. The largest absolute Gasteiger partial charge is 0.357 e. The van der Waals surface area contributed by atoms with Gasteiger partial charge in [-0.1, -0.05) is 0 Å². The molecule has 0 aliphatic carbocycles. The summed E-state index contributed by atoms with van der Waals surface area (Å²) >= 11 is 4.86. The summed E-state index contributed by atoms with van der Waals surface area (Å²) in [6.45, 7) is 0. The molecule has 1 aromatic carbocycles. The Morgan fingerprint density at radius 1 is 1.41 bits per heavy atom. The second-order valence-electron chi connectivity index (χ2n) is 2.97. The molecule has 0 atom stereocenters. The zero-order chi connectivity index (χ0) is 12.6. The molecule has 2 rings (SSSR count). The number of carbonyl (C=O) groups is 1. The van der Waals surface area contributed by atoms with Crippen LogP contribution in [0.15, 0.2) is 17.0 Å². The summed E-state index contributed by atoms with van der Waals surface area (Å²) in [4.78, 5) is 10.6. The molecule has 0 aliphatic heterocycles. The third-order valence-electron chi connectivity index (χ3n) is 1.99. The number of hydrogen-bond acceptors (Lipinski definition) is 6. The molecule has 1 heterocycles. The molecule has 0 amide bonds. The van der Waals surface area contributed by atoms with Crippen LogP contribution in [0.4, 0.5) is 0 Å². The predicted octanol–water partition coefficient (Wildman–Crippen LogP) is 0.515. The summed E-state index contributed by atoms with van der Waals surface area (Å²) < 4.78 is 35.4. The molecular weight excluding hydrogens is 274 g/mol. The Labute approximate surface area is 99.4 Å². The number of nitrogens with zero attached hydrogens (tertiary/aromatic N) is 2. The average molecular weight is 278 g/mol. The number of benzene rings is 1. The highest BCUT2D eigenvalue weighted by Gasteiger charge is 2.26. The fraction of sp³-hybridized carbons (Fsp3) is 0. The molecule has 0 unspecified atom stereocenters. The van der Waals surface area contributed by atoms with Crippen LogP contribution in [0.2, 0.25) is 0 Å². The van der Waals surface area contributed by atoms with E-state index in [4.69, 9.17) is 16.4 Å². The van der Waals surface area contributed by atoms with E-state index in [0.29, 0.717) is 0 Å². The third-order valence-corrected chi connectivity index (χ3v) is 3.06. The average Bonchev–Trinajstić information content (AvgIpc) is 2.72. The van der Waals surface area contributed by atoms with Crippen molar-refractivity contribution in [1.29, 1.82) is 0 Å². The van der Waals surface area contributed by atoms with E-state index in [1.165, 1.54) is 6.07 Å². The van der Waals surface area contributed by atoms with Crippen LogP contribution < -0.4 is 0 Å². The van der Waals surface area contributed by atoms with E-state index in [-0.39, 0.29) is 11.0 Å². The van der Waals surface area contributed by atoms with Crippen molar-refractivity contribution in [2.45, 2.75) is 4.90 Å². The van der Waals surface area contributed by atoms with Gasteiger partial charge in [-0.15, -0.1) is 0 Å². The van der Waals surface area contributed by atoms with Gasteiger partial charge in [0.05, 0.1) is 5.56 Å². The van der Waals surface area contributed by atoms with Gasteiger partial charge in [0.15, 0.2) is 0 Å². The molecule has 1 aromatic heterocycles. The topological polar surface area (TPSA) is 122 Å². The van der Waals surface area contributed by atoms with Crippen molar-refractivity contribution < 1.29 is 22.1 Å². The van der Waals surface area contributed by atoms with Gasteiger partial charge < -0.3 is 4.29 Å². The number of H-pyrrole nitrogens is 1. The maximum absolute atomic E-state index is 11.3. The highest BCUT2D eigenvalue weighted by molar-refractivity contribution is 7.86. The second-order valence-corrected chi connectivity index (χ2v) is 4.49. The van der Waals surface area contributed by atoms with Crippen LogP contribution in [-0.2, 0) is 14.4 Å². The first-order valence-corrected chi connectivity index (χ1v) is 5.84. The van der Waals surface area contributed by atoms with Crippen LogP contribution in [0.5, 0.6) is 0 Å². The summed E-state index contributed by atoms with van der Waals surface area (Å²) in [6.07, 6.45) is 0. The molecule has 2 N–H and O–H groups in total. The Morgan fingerprint density at radius 3 is 2.71 bits per heavy atom. The number of rotatable bonds is 2. The Kier molecular flexibility index (Phi) is 2.73. The van der Waals surface area contributed by atoms with Gasteiger partial charge >= 0.3 is 5.97 Å². The van der Waals surface area contributed by atoms with E-state index in [2.05, 4.69) is 19.7 Å². The maximum atomic E-state index is 11.3. The van der Waals surface area contributed by atoms with E-state index in [0.717, 1.165) is 6.07 Å². The number of halogens is 1. The molecule has 0 aliphatic rings. The van der Waals surface area contributed by atoms with Crippen LogP contribution in [0.25, 0.3) is 11.0 Å². The van der Waals surface area contributed by atoms with Crippen molar-refractivity contribution in [2.24, 2.45) is 0 Å². The van der Waals surface area contributed by atoms with Crippen molar-refractivity contribution >= 4 is 39.0 Å². The van der Waals surface area contributed by atoms with Crippen LogP contribution >= 0.6 is 11.9 Å². The molecule has 17 heavy (non-hydrogen) atoms. The summed E-state index contributed by atoms with van der Waals surface area (Å²) in [5.41, 5.74) is -0.431. The highest BCUT2D eigenvalue weighted by atomic mass is 35.5. The Balaban J connectivity index is 2.89. The Hall–Kier alpha value is -1.71. The zero-order valence-electron chi connectivity index (χ0n) is 7.92. The lowest BCUT2D eigenvalue weighted by molar-refractivity contribution is 0.0747. The lowest BCUT2D eigenvalue weighted by atomic mass is 10.2. The number of aromatic amines is 1. The number of nitrogens with one attached hydrogen (secondary N) is 1. The zero-order valence-corrected chi connectivity index (χ0v) is 9.49. The molecule has 10 heteroatoms. The van der Waals surface area contributed by atoms with Gasteiger partial charge in [0, 0.05) is 0 Å². The number of hydrogen-bond donors (Lipinski definition) is 2. The second kappa shape index (κ2) is 3.95. The maximum Gasteiger partial charge on any atom is 0.357 e. The lowest BCUT2D eigenvalue weighted by Crippen LogP contribution is -2.09. The van der Waals surface area contributed by atoms with Crippen molar-refractivity contribution in [3.8, 4) is 0 Å². The van der Waals surface area contributed by atoms with E-state index in [1.54, 1.807) is 0 Å². The number of fused-ring (bicyclic) bond motifs is 1.